The van der Waals surface area contributed by atoms with E-state index in [2.05, 4.69) is 0 Å². The summed E-state index contributed by atoms with van der Waals surface area (Å²) in [7, 11) is 0. The Kier molecular flexibility index (Phi) is 5.96. The van der Waals surface area contributed by atoms with Crippen molar-refractivity contribution in [1.29, 1.82) is 0 Å². The maximum Gasteiger partial charge on any atom is 0.316 e. The van der Waals surface area contributed by atoms with Gasteiger partial charge in [0.1, 0.15) is 17.5 Å². The Morgan fingerprint density at radius 3 is 2.58 bits per heavy atom. The van der Waals surface area contributed by atoms with E-state index < -0.39 is 17.7 Å². The number of ketones is 1. The summed E-state index contributed by atoms with van der Waals surface area (Å²) in [4.78, 5) is 23.5. The Labute approximate surface area is 116 Å². The zero-order valence-corrected chi connectivity index (χ0v) is 11.7. The van der Waals surface area contributed by atoms with E-state index in [4.69, 9.17) is 16.3 Å². The van der Waals surface area contributed by atoms with Crippen molar-refractivity contribution in [2.75, 3.05) is 6.61 Å². The molecule has 0 fully saturated rings. The minimum Gasteiger partial charge on any atom is -0.465 e. The van der Waals surface area contributed by atoms with Gasteiger partial charge in [0.05, 0.1) is 11.6 Å². The molecule has 0 N–H and O–H groups in total. The molecule has 0 aromatic heterocycles. The van der Waals surface area contributed by atoms with Crippen LogP contribution in [0, 0.1) is 11.7 Å². The van der Waals surface area contributed by atoms with E-state index in [1.54, 1.807) is 13.8 Å². The molecule has 0 saturated heterocycles. The number of Topliss-reactive ketones (excluding diaryl/α,β-unsaturated/α-hetero) is 1. The number of benzene rings is 1. The molecule has 0 radical (unpaired) electrons. The lowest BCUT2D eigenvalue weighted by atomic mass is 9.94. The number of carbonyl (C=O) groups is 2. The standard InChI is InChI=1S/C14H16ClFO3/c1-3-13(17)10(14(18)19-4-2)7-9-5-6-12(16)11(15)8-9/h5-6,8,10H,3-4,7H2,1-2H3. The molecule has 1 rings (SSSR count). The average molecular weight is 287 g/mol. The van der Waals surface area contributed by atoms with Gasteiger partial charge in [0.2, 0.25) is 0 Å². The van der Waals surface area contributed by atoms with Crippen molar-refractivity contribution in [3.05, 3.63) is 34.6 Å². The van der Waals surface area contributed by atoms with E-state index in [0.717, 1.165) is 0 Å². The van der Waals surface area contributed by atoms with E-state index in [1.165, 1.54) is 18.2 Å². The lowest BCUT2D eigenvalue weighted by molar-refractivity contribution is -0.151. The summed E-state index contributed by atoms with van der Waals surface area (Å²) in [6, 6.07) is 4.15. The van der Waals surface area contributed by atoms with Gasteiger partial charge >= 0.3 is 5.97 Å². The second-order valence-corrected chi connectivity index (χ2v) is 4.48. The van der Waals surface area contributed by atoms with Crippen LogP contribution in [0.5, 0.6) is 0 Å². The summed E-state index contributed by atoms with van der Waals surface area (Å²) in [6.45, 7) is 3.59. The van der Waals surface area contributed by atoms with Crippen LogP contribution in [0.15, 0.2) is 18.2 Å². The van der Waals surface area contributed by atoms with Gasteiger partial charge in [-0.2, -0.15) is 0 Å². The predicted molar refractivity (Wildman–Crippen MR) is 70.5 cm³/mol. The second-order valence-electron chi connectivity index (χ2n) is 4.08. The molecule has 0 amide bonds. The summed E-state index contributed by atoms with van der Waals surface area (Å²) < 4.78 is 17.9. The average Bonchev–Trinajstić information content (AvgIpc) is 2.39. The number of rotatable bonds is 6. The van der Waals surface area contributed by atoms with Crippen molar-refractivity contribution in [1.82, 2.24) is 0 Å². The molecule has 1 aromatic rings. The molecule has 0 bridgehead atoms. The zero-order valence-electron chi connectivity index (χ0n) is 10.9. The first kappa shape index (κ1) is 15.6. The lowest BCUT2D eigenvalue weighted by Crippen LogP contribution is -2.27. The van der Waals surface area contributed by atoms with Gasteiger partial charge in [-0.3, -0.25) is 9.59 Å². The molecule has 5 heteroatoms. The Morgan fingerprint density at radius 2 is 2.05 bits per heavy atom. The van der Waals surface area contributed by atoms with Crippen molar-refractivity contribution in [2.45, 2.75) is 26.7 Å². The first-order valence-corrected chi connectivity index (χ1v) is 6.50. The summed E-state index contributed by atoms with van der Waals surface area (Å²) >= 11 is 5.68. The summed E-state index contributed by atoms with van der Waals surface area (Å²) in [5.74, 6) is -2.12. The van der Waals surface area contributed by atoms with Crippen LogP contribution in [0.25, 0.3) is 0 Å². The third-order valence-corrected chi connectivity index (χ3v) is 3.02. The van der Waals surface area contributed by atoms with E-state index in [-0.39, 0.29) is 30.3 Å². The van der Waals surface area contributed by atoms with Gasteiger partial charge in [-0.05, 0) is 31.0 Å². The van der Waals surface area contributed by atoms with Gasteiger partial charge in [0.15, 0.2) is 0 Å². The molecule has 0 aliphatic carbocycles. The van der Waals surface area contributed by atoms with Gasteiger partial charge in [-0.1, -0.05) is 24.6 Å². The van der Waals surface area contributed by atoms with Gasteiger partial charge in [-0.15, -0.1) is 0 Å². The third-order valence-electron chi connectivity index (χ3n) is 2.73. The smallest absolute Gasteiger partial charge is 0.316 e. The van der Waals surface area contributed by atoms with E-state index in [9.17, 15) is 14.0 Å². The molecule has 0 spiro atoms. The van der Waals surface area contributed by atoms with Gasteiger partial charge in [0.25, 0.3) is 0 Å². The molecule has 1 atom stereocenters. The van der Waals surface area contributed by atoms with Gasteiger partial charge < -0.3 is 4.74 Å². The lowest BCUT2D eigenvalue weighted by Gasteiger charge is -2.14. The van der Waals surface area contributed by atoms with Gasteiger partial charge in [0, 0.05) is 6.42 Å². The number of carbonyl (C=O) groups excluding carboxylic acids is 2. The van der Waals surface area contributed by atoms with Crippen LogP contribution in [0.3, 0.4) is 0 Å². The third kappa shape index (κ3) is 4.31. The molecule has 3 nitrogen and oxygen atoms in total. The molecular weight excluding hydrogens is 271 g/mol. The summed E-state index contributed by atoms with van der Waals surface area (Å²) in [5.41, 5.74) is 0.631. The molecule has 19 heavy (non-hydrogen) atoms. The molecule has 0 saturated carbocycles. The van der Waals surface area contributed by atoms with E-state index in [1.807, 2.05) is 0 Å². The summed E-state index contributed by atoms with van der Waals surface area (Å²) in [5, 5.41) is -0.0240. The molecule has 104 valence electrons. The van der Waals surface area contributed by atoms with Crippen LogP contribution >= 0.6 is 11.6 Å². The van der Waals surface area contributed by atoms with Crippen molar-refractivity contribution in [3.63, 3.8) is 0 Å². The monoisotopic (exact) mass is 286 g/mol. The maximum atomic E-state index is 13.0. The molecule has 1 aromatic carbocycles. The first-order valence-electron chi connectivity index (χ1n) is 6.12. The fourth-order valence-corrected chi connectivity index (χ4v) is 1.92. The number of halogens is 2. The van der Waals surface area contributed by atoms with Crippen molar-refractivity contribution in [2.24, 2.45) is 5.92 Å². The fourth-order valence-electron chi connectivity index (χ4n) is 1.72. The van der Waals surface area contributed by atoms with Crippen LogP contribution in [-0.4, -0.2) is 18.4 Å². The summed E-state index contributed by atoms with van der Waals surface area (Å²) in [6.07, 6.45) is 0.421. The van der Waals surface area contributed by atoms with Crippen molar-refractivity contribution >= 4 is 23.4 Å². The number of hydrogen-bond donors (Lipinski definition) is 0. The number of ether oxygens (including phenoxy) is 1. The highest BCUT2D eigenvalue weighted by Gasteiger charge is 2.26. The van der Waals surface area contributed by atoms with Crippen LogP contribution in [0.2, 0.25) is 5.02 Å². The predicted octanol–water partition coefficient (Wildman–Crippen LogP) is 3.18. The zero-order chi connectivity index (χ0) is 14.4. The molecular formula is C14H16ClFO3. The van der Waals surface area contributed by atoms with Crippen molar-refractivity contribution < 1.29 is 18.7 Å². The van der Waals surface area contributed by atoms with Crippen LogP contribution in [-0.2, 0) is 20.7 Å². The topological polar surface area (TPSA) is 43.4 Å². The first-order chi connectivity index (χ1) is 8.99. The van der Waals surface area contributed by atoms with Crippen molar-refractivity contribution in [3.8, 4) is 0 Å². The Hall–Kier alpha value is -1.42. The van der Waals surface area contributed by atoms with Crippen LogP contribution < -0.4 is 0 Å². The normalized spacial score (nSPS) is 12.0. The second kappa shape index (κ2) is 7.24. The molecule has 0 heterocycles. The largest absolute Gasteiger partial charge is 0.465 e. The highest BCUT2D eigenvalue weighted by atomic mass is 35.5. The minimum atomic E-state index is -0.855. The molecule has 0 aliphatic rings. The highest BCUT2D eigenvalue weighted by Crippen LogP contribution is 2.20. The highest BCUT2D eigenvalue weighted by molar-refractivity contribution is 6.30. The molecule has 1 unspecified atom stereocenters. The van der Waals surface area contributed by atoms with E-state index in [0.29, 0.717) is 5.56 Å². The minimum absolute atomic E-state index is 0.0240. The number of hydrogen-bond acceptors (Lipinski definition) is 3. The quantitative estimate of drug-likeness (QED) is 0.596. The number of esters is 1. The van der Waals surface area contributed by atoms with Crippen LogP contribution in [0.1, 0.15) is 25.8 Å². The molecule has 0 aliphatic heterocycles. The van der Waals surface area contributed by atoms with E-state index >= 15 is 0 Å². The maximum absolute atomic E-state index is 13.0. The Morgan fingerprint density at radius 1 is 1.37 bits per heavy atom. The van der Waals surface area contributed by atoms with Crippen LogP contribution in [0.4, 0.5) is 4.39 Å². The fraction of sp³-hybridized carbons (Fsp3) is 0.429. The SMILES string of the molecule is CCOC(=O)C(Cc1ccc(F)c(Cl)c1)C(=O)CC. The Bertz CT molecular complexity index is 474. The van der Waals surface area contributed by atoms with Gasteiger partial charge in [-0.25, -0.2) is 4.39 Å². The Balaban J connectivity index is 2.90.